The molecule has 126 valence electrons. The van der Waals surface area contributed by atoms with E-state index in [4.69, 9.17) is 10.5 Å². The predicted molar refractivity (Wildman–Crippen MR) is 97.2 cm³/mol. The third-order valence-corrected chi connectivity index (χ3v) is 3.73. The van der Waals surface area contributed by atoms with Crippen molar-refractivity contribution >= 4 is 29.1 Å². The number of fused-ring (bicyclic) bond motifs is 1. The fraction of sp³-hybridized carbons (Fsp3) is 0.389. The van der Waals surface area contributed by atoms with Crippen molar-refractivity contribution in [3.63, 3.8) is 0 Å². The molecule has 0 saturated heterocycles. The number of benzene rings is 2. The molecule has 0 spiro atoms. The van der Waals surface area contributed by atoms with E-state index in [9.17, 15) is 4.79 Å². The maximum Gasteiger partial charge on any atom is 0.260 e. The minimum Gasteiger partial charge on any atom is -0.484 e. The second-order valence-electron chi connectivity index (χ2n) is 6.42. The Hall–Kier alpha value is -1.78. The van der Waals surface area contributed by atoms with E-state index in [1.54, 1.807) is 11.9 Å². The molecule has 0 unspecified atom stereocenters. The van der Waals surface area contributed by atoms with Gasteiger partial charge in [-0.2, -0.15) is 0 Å². The predicted octanol–water partition coefficient (Wildman–Crippen LogP) is 3.08. The quantitative estimate of drug-likeness (QED) is 0.882. The zero-order chi connectivity index (χ0) is 16.2. The third kappa shape index (κ3) is 5.41. The summed E-state index contributed by atoms with van der Waals surface area (Å²) in [5, 5.41) is 2.26. The third-order valence-electron chi connectivity index (χ3n) is 3.73. The van der Waals surface area contributed by atoms with E-state index >= 15 is 0 Å². The summed E-state index contributed by atoms with van der Waals surface area (Å²) < 4.78 is 5.62. The van der Waals surface area contributed by atoms with Crippen molar-refractivity contribution in [2.75, 3.05) is 26.7 Å². The lowest BCUT2D eigenvalue weighted by Gasteiger charge is -2.29. The molecule has 1 amide bonds. The summed E-state index contributed by atoms with van der Waals surface area (Å²) in [6.07, 6.45) is 0. The van der Waals surface area contributed by atoms with Crippen molar-refractivity contribution in [2.24, 2.45) is 11.1 Å². The van der Waals surface area contributed by atoms with Crippen molar-refractivity contribution in [1.82, 2.24) is 4.90 Å². The molecule has 2 N–H and O–H groups in total. The summed E-state index contributed by atoms with van der Waals surface area (Å²) in [7, 11) is 1.78. The number of amides is 1. The molecule has 2 aromatic carbocycles. The summed E-state index contributed by atoms with van der Waals surface area (Å²) in [4.78, 5) is 13.8. The molecule has 0 aliphatic carbocycles. The number of ether oxygens (including phenoxy) is 1. The summed E-state index contributed by atoms with van der Waals surface area (Å²) in [6, 6.07) is 13.9. The number of halogens is 1. The van der Waals surface area contributed by atoms with Crippen molar-refractivity contribution in [1.29, 1.82) is 0 Å². The highest BCUT2D eigenvalue weighted by Crippen LogP contribution is 2.20. The van der Waals surface area contributed by atoms with Crippen LogP contribution in [-0.4, -0.2) is 37.6 Å². The fourth-order valence-electron chi connectivity index (χ4n) is 2.31. The zero-order valence-corrected chi connectivity index (χ0v) is 14.7. The molecule has 0 radical (unpaired) electrons. The average molecular weight is 337 g/mol. The Labute approximate surface area is 144 Å². The van der Waals surface area contributed by atoms with Gasteiger partial charge in [0.05, 0.1) is 0 Å². The highest BCUT2D eigenvalue weighted by molar-refractivity contribution is 5.85. The SMILES string of the molecule is CN(CC(C)(C)CN)C(=O)COc1ccc2ccccc2c1.Cl. The van der Waals surface area contributed by atoms with Crippen LogP contribution in [0.5, 0.6) is 5.75 Å². The molecule has 2 aromatic rings. The van der Waals surface area contributed by atoms with Gasteiger partial charge in [-0.05, 0) is 34.9 Å². The van der Waals surface area contributed by atoms with E-state index in [1.807, 2.05) is 56.3 Å². The standard InChI is InChI=1S/C18H24N2O2.ClH/c1-18(2,12-19)13-20(3)17(21)11-22-16-9-8-14-6-4-5-7-15(14)10-16;/h4-10H,11-13,19H2,1-3H3;1H. The Balaban J connectivity index is 0.00000264. The van der Waals surface area contributed by atoms with Gasteiger partial charge >= 0.3 is 0 Å². The van der Waals surface area contributed by atoms with Gasteiger partial charge in [0.25, 0.3) is 5.91 Å². The Morgan fingerprint density at radius 3 is 2.48 bits per heavy atom. The van der Waals surface area contributed by atoms with Crippen molar-refractivity contribution in [3.8, 4) is 5.75 Å². The van der Waals surface area contributed by atoms with Gasteiger partial charge in [-0.25, -0.2) is 0 Å². The van der Waals surface area contributed by atoms with Gasteiger partial charge in [-0.15, -0.1) is 12.4 Å². The van der Waals surface area contributed by atoms with Crippen LogP contribution in [0, 0.1) is 5.41 Å². The van der Waals surface area contributed by atoms with Crippen LogP contribution in [0.25, 0.3) is 10.8 Å². The van der Waals surface area contributed by atoms with Gasteiger partial charge in [-0.3, -0.25) is 4.79 Å². The number of hydrogen-bond acceptors (Lipinski definition) is 3. The maximum absolute atomic E-state index is 12.1. The van der Waals surface area contributed by atoms with E-state index in [0.717, 1.165) is 10.8 Å². The van der Waals surface area contributed by atoms with Crippen LogP contribution in [-0.2, 0) is 4.79 Å². The van der Waals surface area contributed by atoms with E-state index < -0.39 is 0 Å². The van der Waals surface area contributed by atoms with Crippen LogP contribution in [0.15, 0.2) is 42.5 Å². The number of carbonyl (C=O) groups is 1. The Kier molecular flexibility index (Phi) is 6.85. The molecule has 5 heteroatoms. The molecule has 0 heterocycles. The molecule has 0 fully saturated rings. The maximum atomic E-state index is 12.1. The molecule has 4 nitrogen and oxygen atoms in total. The van der Waals surface area contributed by atoms with Crippen LogP contribution in [0.4, 0.5) is 0 Å². The second kappa shape index (κ2) is 8.18. The number of hydrogen-bond donors (Lipinski definition) is 1. The molecule has 0 aromatic heterocycles. The van der Waals surface area contributed by atoms with Crippen LogP contribution in [0.1, 0.15) is 13.8 Å². The van der Waals surface area contributed by atoms with Crippen LogP contribution < -0.4 is 10.5 Å². The molecule has 0 atom stereocenters. The van der Waals surface area contributed by atoms with Gasteiger partial charge in [0.1, 0.15) is 5.75 Å². The molecular weight excluding hydrogens is 312 g/mol. The Morgan fingerprint density at radius 2 is 1.83 bits per heavy atom. The van der Waals surface area contributed by atoms with Crippen molar-refractivity contribution in [3.05, 3.63) is 42.5 Å². The van der Waals surface area contributed by atoms with E-state index in [-0.39, 0.29) is 30.3 Å². The molecule has 0 aliphatic rings. The minimum atomic E-state index is -0.0899. The minimum absolute atomic E-state index is 0. The van der Waals surface area contributed by atoms with E-state index in [2.05, 4.69) is 0 Å². The normalized spacial score (nSPS) is 11.0. The monoisotopic (exact) mass is 336 g/mol. The van der Waals surface area contributed by atoms with Crippen molar-refractivity contribution < 1.29 is 9.53 Å². The lowest BCUT2D eigenvalue weighted by molar-refractivity contribution is -0.133. The number of nitrogens with zero attached hydrogens (tertiary/aromatic N) is 1. The fourth-order valence-corrected chi connectivity index (χ4v) is 2.31. The summed E-state index contributed by atoms with van der Waals surface area (Å²) in [5.74, 6) is 0.660. The molecule has 23 heavy (non-hydrogen) atoms. The average Bonchev–Trinajstić information content (AvgIpc) is 2.52. The topological polar surface area (TPSA) is 55.6 Å². The largest absolute Gasteiger partial charge is 0.484 e. The first kappa shape index (κ1) is 19.3. The Morgan fingerprint density at radius 1 is 1.17 bits per heavy atom. The first-order valence-electron chi connectivity index (χ1n) is 7.47. The van der Waals surface area contributed by atoms with Gasteiger partial charge in [0.15, 0.2) is 6.61 Å². The number of likely N-dealkylation sites (N-methyl/N-ethyl adjacent to an activating group) is 1. The molecule has 0 saturated carbocycles. The molecular formula is C18H25ClN2O2. The van der Waals surface area contributed by atoms with Gasteiger partial charge in [0.2, 0.25) is 0 Å². The summed E-state index contributed by atoms with van der Waals surface area (Å²) in [6.45, 7) is 5.27. The zero-order valence-electron chi connectivity index (χ0n) is 13.9. The van der Waals surface area contributed by atoms with Gasteiger partial charge in [-0.1, -0.05) is 44.2 Å². The van der Waals surface area contributed by atoms with Crippen molar-refractivity contribution in [2.45, 2.75) is 13.8 Å². The van der Waals surface area contributed by atoms with E-state index in [1.165, 1.54) is 0 Å². The number of rotatable bonds is 6. The first-order chi connectivity index (χ1) is 10.4. The lowest BCUT2D eigenvalue weighted by Crippen LogP contribution is -2.41. The van der Waals surface area contributed by atoms with Crippen LogP contribution in [0.2, 0.25) is 0 Å². The first-order valence-corrected chi connectivity index (χ1v) is 7.47. The molecule has 2 rings (SSSR count). The number of nitrogens with two attached hydrogens (primary N) is 1. The number of carbonyl (C=O) groups excluding carboxylic acids is 1. The van der Waals surface area contributed by atoms with Crippen LogP contribution >= 0.6 is 12.4 Å². The Bertz CT molecular complexity index is 658. The summed E-state index contributed by atoms with van der Waals surface area (Å²) >= 11 is 0. The van der Waals surface area contributed by atoms with Gasteiger partial charge in [0, 0.05) is 13.6 Å². The lowest BCUT2D eigenvalue weighted by atomic mass is 9.93. The van der Waals surface area contributed by atoms with Crippen LogP contribution in [0.3, 0.4) is 0 Å². The highest BCUT2D eigenvalue weighted by Gasteiger charge is 2.21. The summed E-state index contributed by atoms with van der Waals surface area (Å²) in [5.41, 5.74) is 5.61. The molecule has 0 aliphatic heterocycles. The second-order valence-corrected chi connectivity index (χ2v) is 6.42. The van der Waals surface area contributed by atoms with E-state index in [0.29, 0.717) is 18.8 Å². The van der Waals surface area contributed by atoms with Gasteiger partial charge < -0.3 is 15.4 Å². The smallest absolute Gasteiger partial charge is 0.260 e. The highest BCUT2D eigenvalue weighted by atomic mass is 35.5. The molecule has 0 bridgehead atoms.